The molecule has 0 aliphatic carbocycles. The van der Waals surface area contributed by atoms with Gasteiger partial charge in [0.1, 0.15) is 0 Å². The van der Waals surface area contributed by atoms with E-state index in [0.29, 0.717) is 67.2 Å². The molecule has 1 saturated heterocycles. The van der Waals surface area contributed by atoms with Crippen LogP contribution in [0.5, 0.6) is 0 Å². The van der Waals surface area contributed by atoms with Crippen LogP contribution in [0.1, 0.15) is 48.0 Å². The number of hydrogen-bond acceptors (Lipinski definition) is 4. The Kier molecular flexibility index (Phi) is 7.14. The number of benzene rings is 2. The van der Waals surface area contributed by atoms with Gasteiger partial charge in [-0.05, 0) is 35.7 Å². The molecule has 172 valence electrons. The molecule has 1 aliphatic heterocycles. The molecule has 1 aliphatic rings. The number of piperazine rings is 1. The van der Waals surface area contributed by atoms with Gasteiger partial charge in [0.25, 0.3) is 5.91 Å². The van der Waals surface area contributed by atoms with Crippen molar-refractivity contribution in [1.82, 2.24) is 14.8 Å². The summed E-state index contributed by atoms with van der Waals surface area (Å²) in [7, 11) is 0. The van der Waals surface area contributed by atoms with Crippen LogP contribution in [0.25, 0.3) is 11.3 Å². The number of carbonyl (C=O) groups is 2. The SMILES string of the molecule is CC(C)c1ccc(C(=O)N2CCN(C(=O)CCc3ncc(-c4ccccc4Cl)o3)CC2)cc1. The molecule has 0 saturated carbocycles. The van der Waals surface area contributed by atoms with Gasteiger partial charge in [0.05, 0.1) is 11.2 Å². The molecule has 0 radical (unpaired) electrons. The molecule has 2 heterocycles. The molecule has 4 rings (SSSR count). The Balaban J connectivity index is 1.27. The van der Waals surface area contributed by atoms with Crippen molar-refractivity contribution in [1.29, 1.82) is 0 Å². The zero-order valence-corrected chi connectivity index (χ0v) is 19.7. The van der Waals surface area contributed by atoms with Gasteiger partial charge in [-0.3, -0.25) is 9.59 Å². The predicted molar refractivity (Wildman–Crippen MR) is 128 cm³/mol. The standard InChI is InChI=1S/C26H28ClN3O3/c1-18(2)19-7-9-20(10-8-19)26(32)30-15-13-29(14-16-30)25(31)12-11-24-28-17-23(33-24)21-5-3-4-6-22(21)27/h3-10,17-18H,11-16H2,1-2H3. The molecule has 0 unspecified atom stereocenters. The maximum Gasteiger partial charge on any atom is 0.253 e. The number of carbonyl (C=O) groups excluding carboxylic acids is 2. The summed E-state index contributed by atoms with van der Waals surface area (Å²) in [6, 6.07) is 15.2. The van der Waals surface area contributed by atoms with Crippen molar-refractivity contribution in [3.05, 3.63) is 76.8 Å². The first-order chi connectivity index (χ1) is 15.9. The van der Waals surface area contributed by atoms with Crippen LogP contribution in [-0.4, -0.2) is 52.8 Å². The van der Waals surface area contributed by atoms with E-state index in [4.69, 9.17) is 16.0 Å². The normalized spacial score (nSPS) is 14.1. The third-order valence-electron chi connectivity index (χ3n) is 5.99. The summed E-state index contributed by atoms with van der Waals surface area (Å²) in [4.78, 5) is 33.4. The largest absolute Gasteiger partial charge is 0.441 e. The Labute approximate surface area is 199 Å². The average Bonchev–Trinajstić information content (AvgIpc) is 3.31. The Morgan fingerprint density at radius 2 is 1.67 bits per heavy atom. The summed E-state index contributed by atoms with van der Waals surface area (Å²) in [5, 5.41) is 0.597. The highest BCUT2D eigenvalue weighted by atomic mass is 35.5. The lowest BCUT2D eigenvalue weighted by molar-refractivity contribution is -0.132. The molecule has 0 bridgehead atoms. The summed E-state index contributed by atoms with van der Waals surface area (Å²) < 4.78 is 5.79. The van der Waals surface area contributed by atoms with E-state index in [-0.39, 0.29) is 11.8 Å². The number of halogens is 1. The molecular formula is C26H28ClN3O3. The van der Waals surface area contributed by atoms with E-state index in [0.717, 1.165) is 5.56 Å². The highest BCUT2D eigenvalue weighted by Gasteiger charge is 2.25. The minimum Gasteiger partial charge on any atom is -0.441 e. The van der Waals surface area contributed by atoms with Crippen LogP contribution in [0.2, 0.25) is 5.02 Å². The fraction of sp³-hybridized carbons (Fsp3) is 0.346. The van der Waals surface area contributed by atoms with E-state index in [1.54, 1.807) is 12.3 Å². The Bertz CT molecular complexity index is 1120. The summed E-state index contributed by atoms with van der Waals surface area (Å²) in [6.07, 6.45) is 2.37. The zero-order valence-electron chi connectivity index (χ0n) is 19.0. The van der Waals surface area contributed by atoms with Crippen molar-refractivity contribution in [2.24, 2.45) is 0 Å². The molecule has 7 heteroatoms. The number of amides is 2. The maximum absolute atomic E-state index is 12.8. The van der Waals surface area contributed by atoms with Gasteiger partial charge in [-0.25, -0.2) is 4.98 Å². The quantitative estimate of drug-likeness (QED) is 0.511. The van der Waals surface area contributed by atoms with Gasteiger partial charge >= 0.3 is 0 Å². The minimum atomic E-state index is 0.0179. The lowest BCUT2D eigenvalue weighted by atomic mass is 10.0. The predicted octanol–water partition coefficient (Wildman–Crippen LogP) is 5.04. The molecule has 2 amide bonds. The monoisotopic (exact) mass is 465 g/mol. The van der Waals surface area contributed by atoms with E-state index < -0.39 is 0 Å². The van der Waals surface area contributed by atoms with Crippen LogP contribution in [0, 0.1) is 0 Å². The van der Waals surface area contributed by atoms with Crippen molar-refractivity contribution < 1.29 is 14.0 Å². The molecule has 0 spiro atoms. The number of aryl methyl sites for hydroxylation is 1. The highest BCUT2D eigenvalue weighted by molar-refractivity contribution is 6.33. The summed E-state index contributed by atoms with van der Waals surface area (Å²) >= 11 is 6.21. The van der Waals surface area contributed by atoms with Gasteiger partial charge in [0, 0.05) is 50.1 Å². The second kappa shape index (κ2) is 10.2. The molecule has 33 heavy (non-hydrogen) atoms. The van der Waals surface area contributed by atoms with Crippen molar-refractivity contribution in [3.8, 4) is 11.3 Å². The molecule has 0 atom stereocenters. The minimum absolute atomic E-state index is 0.0179. The van der Waals surface area contributed by atoms with Crippen molar-refractivity contribution in [2.45, 2.75) is 32.6 Å². The number of nitrogens with zero attached hydrogens (tertiary/aromatic N) is 3. The Hall–Kier alpha value is -3.12. The number of aromatic nitrogens is 1. The van der Waals surface area contributed by atoms with Crippen LogP contribution in [-0.2, 0) is 11.2 Å². The molecular weight excluding hydrogens is 438 g/mol. The third kappa shape index (κ3) is 5.45. The average molecular weight is 466 g/mol. The first-order valence-corrected chi connectivity index (χ1v) is 11.7. The Morgan fingerprint density at radius 3 is 2.33 bits per heavy atom. The van der Waals surface area contributed by atoms with Crippen molar-refractivity contribution in [3.63, 3.8) is 0 Å². The topological polar surface area (TPSA) is 66.7 Å². The number of oxazole rings is 1. The second-order valence-corrected chi connectivity index (χ2v) is 8.95. The first-order valence-electron chi connectivity index (χ1n) is 11.3. The molecule has 6 nitrogen and oxygen atoms in total. The van der Waals surface area contributed by atoms with Gasteiger partial charge < -0.3 is 14.2 Å². The van der Waals surface area contributed by atoms with Gasteiger partial charge in [-0.15, -0.1) is 0 Å². The summed E-state index contributed by atoms with van der Waals surface area (Å²) in [5.74, 6) is 1.60. The lowest BCUT2D eigenvalue weighted by Crippen LogP contribution is -2.50. The van der Waals surface area contributed by atoms with Crippen LogP contribution in [0.3, 0.4) is 0 Å². The van der Waals surface area contributed by atoms with Gasteiger partial charge in [-0.1, -0.05) is 49.7 Å². The number of hydrogen-bond donors (Lipinski definition) is 0. The fourth-order valence-corrected chi connectivity index (χ4v) is 4.16. The smallest absolute Gasteiger partial charge is 0.253 e. The highest BCUT2D eigenvalue weighted by Crippen LogP contribution is 2.28. The summed E-state index contributed by atoms with van der Waals surface area (Å²) in [5.41, 5.74) is 2.69. The van der Waals surface area contributed by atoms with Crippen LogP contribution in [0.4, 0.5) is 0 Å². The van der Waals surface area contributed by atoms with E-state index in [2.05, 4.69) is 18.8 Å². The summed E-state index contributed by atoms with van der Waals surface area (Å²) in [6.45, 7) is 6.40. The van der Waals surface area contributed by atoms with Crippen LogP contribution < -0.4 is 0 Å². The van der Waals surface area contributed by atoms with E-state index in [9.17, 15) is 9.59 Å². The van der Waals surface area contributed by atoms with E-state index in [1.807, 2.05) is 52.3 Å². The fourth-order valence-electron chi connectivity index (χ4n) is 3.94. The third-order valence-corrected chi connectivity index (χ3v) is 6.32. The zero-order chi connectivity index (χ0) is 23.4. The van der Waals surface area contributed by atoms with Crippen molar-refractivity contribution in [2.75, 3.05) is 26.2 Å². The molecule has 0 N–H and O–H groups in total. The van der Waals surface area contributed by atoms with Crippen LogP contribution in [0.15, 0.2) is 59.1 Å². The molecule has 1 aromatic heterocycles. The molecule has 3 aromatic rings. The van der Waals surface area contributed by atoms with Gasteiger partial charge in [-0.2, -0.15) is 0 Å². The number of rotatable bonds is 6. The van der Waals surface area contributed by atoms with Crippen LogP contribution >= 0.6 is 11.6 Å². The van der Waals surface area contributed by atoms with E-state index in [1.165, 1.54) is 5.56 Å². The first kappa shape index (κ1) is 23.1. The molecule has 2 aromatic carbocycles. The second-order valence-electron chi connectivity index (χ2n) is 8.55. The van der Waals surface area contributed by atoms with Gasteiger partial charge in [0.2, 0.25) is 5.91 Å². The van der Waals surface area contributed by atoms with Crippen molar-refractivity contribution >= 4 is 23.4 Å². The van der Waals surface area contributed by atoms with Gasteiger partial charge in [0.15, 0.2) is 11.7 Å². The Morgan fingerprint density at radius 1 is 1.00 bits per heavy atom. The lowest BCUT2D eigenvalue weighted by Gasteiger charge is -2.35. The molecule has 1 fully saturated rings. The maximum atomic E-state index is 12.8. The van der Waals surface area contributed by atoms with E-state index >= 15 is 0 Å².